The van der Waals surface area contributed by atoms with Gasteiger partial charge in [-0.25, -0.2) is 4.98 Å². The number of aldehydes is 1. The third-order valence-corrected chi connectivity index (χ3v) is 3.13. The van der Waals surface area contributed by atoms with Gasteiger partial charge in [0.25, 0.3) is 0 Å². The Morgan fingerprint density at radius 2 is 2.06 bits per heavy atom. The normalized spacial score (nSPS) is 11.0. The Morgan fingerprint density at radius 1 is 1.28 bits per heavy atom. The Bertz CT molecular complexity index is 759. The zero-order valence-electron chi connectivity index (χ0n) is 10.2. The average Bonchev–Trinajstić information content (AvgIpc) is 2.73. The second-order valence-electron chi connectivity index (χ2n) is 4.15. The zero-order chi connectivity index (χ0) is 12.7. The van der Waals surface area contributed by atoms with Crippen molar-refractivity contribution in [3.63, 3.8) is 0 Å². The summed E-state index contributed by atoms with van der Waals surface area (Å²) >= 11 is 0. The van der Waals surface area contributed by atoms with Crippen molar-refractivity contribution in [1.82, 2.24) is 9.38 Å². The van der Waals surface area contributed by atoms with E-state index in [1.54, 1.807) is 7.11 Å². The summed E-state index contributed by atoms with van der Waals surface area (Å²) in [5.41, 5.74) is 3.02. The number of nitrogens with zero attached hydrogens (tertiary/aromatic N) is 2. The van der Waals surface area contributed by atoms with Crippen molar-refractivity contribution in [3.8, 4) is 5.75 Å². The predicted molar refractivity (Wildman–Crippen MR) is 69.4 cm³/mol. The quantitative estimate of drug-likeness (QED) is 0.647. The Labute approximate surface area is 104 Å². The maximum atomic E-state index is 11.2. The van der Waals surface area contributed by atoms with Gasteiger partial charge in [-0.1, -0.05) is 0 Å². The molecule has 0 saturated carbocycles. The summed E-state index contributed by atoms with van der Waals surface area (Å²) in [5, 5.41) is 1.05. The van der Waals surface area contributed by atoms with Crippen molar-refractivity contribution in [2.24, 2.45) is 0 Å². The van der Waals surface area contributed by atoms with Crippen LogP contribution in [0.25, 0.3) is 16.6 Å². The van der Waals surface area contributed by atoms with Gasteiger partial charge in [-0.2, -0.15) is 0 Å². The highest BCUT2D eigenvalue weighted by molar-refractivity contribution is 5.87. The lowest BCUT2D eigenvalue weighted by Gasteiger charge is -2.06. The average molecular weight is 240 g/mol. The first-order chi connectivity index (χ1) is 8.74. The molecule has 0 bridgehead atoms. The van der Waals surface area contributed by atoms with Gasteiger partial charge < -0.3 is 4.74 Å². The highest BCUT2D eigenvalue weighted by Gasteiger charge is 2.10. The van der Waals surface area contributed by atoms with Crippen LogP contribution in [0.2, 0.25) is 0 Å². The molecule has 2 aromatic heterocycles. The molecule has 0 unspecified atom stereocenters. The first-order valence-corrected chi connectivity index (χ1v) is 5.65. The van der Waals surface area contributed by atoms with Crippen LogP contribution in [0.15, 0.2) is 30.3 Å². The van der Waals surface area contributed by atoms with E-state index in [1.165, 1.54) is 0 Å². The van der Waals surface area contributed by atoms with Gasteiger partial charge in [-0.3, -0.25) is 9.20 Å². The number of ether oxygens (including phenoxy) is 1. The molecule has 18 heavy (non-hydrogen) atoms. The molecule has 0 atom stereocenters. The standard InChI is InChI=1S/C14H12N2O2/c1-9-13(8-17)16-12-7-11(18-2)5-3-10(12)4-6-14(16)15-9/h3-8H,1-2H3. The van der Waals surface area contributed by atoms with E-state index in [9.17, 15) is 4.79 Å². The number of pyridine rings is 1. The van der Waals surface area contributed by atoms with E-state index in [-0.39, 0.29) is 0 Å². The van der Waals surface area contributed by atoms with Gasteiger partial charge in [0, 0.05) is 6.07 Å². The number of carbonyl (C=O) groups excluding carboxylic acids is 1. The Kier molecular flexibility index (Phi) is 2.30. The highest BCUT2D eigenvalue weighted by atomic mass is 16.5. The summed E-state index contributed by atoms with van der Waals surface area (Å²) in [7, 11) is 1.63. The Balaban J connectivity index is 2.52. The minimum Gasteiger partial charge on any atom is -0.497 e. The Hall–Kier alpha value is -2.36. The van der Waals surface area contributed by atoms with E-state index in [0.29, 0.717) is 5.69 Å². The van der Waals surface area contributed by atoms with Gasteiger partial charge in [-0.15, -0.1) is 0 Å². The number of imidazole rings is 1. The van der Waals surface area contributed by atoms with Crippen molar-refractivity contribution in [2.75, 3.05) is 7.11 Å². The predicted octanol–water partition coefficient (Wildman–Crippen LogP) is 2.62. The molecule has 0 aliphatic rings. The number of hydrogen-bond donors (Lipinski definition) is 0. The molecule has 2 heterocycles. The molecule has 0 aliphatic carbocycles. The van der Waals surface area contributed by atoms with Crippen LogP contribution >= 0.6 is 0 Å². The van der Waals surface area contributed by atoms with Crippen LogP contribution in [-0.2, 0) is 0 Å². The minimum atomic E-state index is 0.587. The summed E-state index contributed by atoms with van der Waals surface area (Å²) in [4.78, 5) is 15.6. The lowest BCUT2D eigenvalue weighted by molar-refractivity contribution is 0.111. The molecule has 90 valence electrons. The fourth-order valence-corrected chi connectivity index (χ4v) is 2.22. The van der Waals surface area contributed by atoms with Crippen LogP contribution in [0.4, 0.5) is 0 Å². The number of benzene rings is 1. The van der Waals surface area contributed by atoms with Crippen LogP contribution in [0.3, 0.4) is 0 Å². The molecular formula is C14H12N2O2. The molecule has 0 spiro atoms. The Morgan fingerprint density at radius 3 is 2.78 bits per heavy atom. The molecule has 0 aliphatic heterocycles. The second-order valence-corrected chi connectivity index (χ2v) is 4.15. The van der Waals surface area contributed by atoms with Crippen molar-refractivity contribution < 1.29 is 9.53 Å². The summed E-state index contributed by atoms with van der Waals surface area (Å²) in [6.45, 7) is 1.84. The minimum absolute atomic E-state index is 0.587. The van der Waals surface area contributed by atoms with Gasteiger partial charge in [0.2, 0.25) is 0 Å². The zero-order valence-corrected chi connectivity index (χ0v) is 10.2. The lowest BCUT2D eigenvalue weighted by atomic mass is 10.2. The van der Waals surface area contributed by atoms with E-state index in [0.717, 1.165) is 34.3 Å². The molecule has 3 rings (SSSR count). The van der Waals surface area contributed by atoms with Crippen LogP contribution in [0, 0.1) is 6.92 Å². The molecule has 3 aromatic rings. The van der Waals surface area contributed by atoms with Crippen molar-refractivity contribution in [3.05, 3.63) is 41.7 Å². The fourth-order valence-electron chi connectivity index (χ4n) is 2.22. The topological polar surface area (TPSA) is 43.6 Å². The third-order valence-electron chi connectivity index (χ3n) is 3.13. The molecular weight excluding hydrogens is 228 g/mol. The summed E-state index contributed by atoms with van der Waals surface area (Å²) in [6.07, 6.45) is 0.842. The first kappa shape index (κ1) is 10.8. The lowest BCUT2D eigenvalue weighted by Crippen LogP contribution is -1.95. The number of rotatable bonds is 2. The molecule has 0 N–H and O–H groups in total. The maximum absolute atomic E-state index is 11.2. The number of hydrogen-bond acceptors (Lipinski definition) is 3. The van der Waals surface area contributed by atoms with E-state index in [2.05, 4.69) is 4.98 Å². The van der Waals surface area contributed by atoms with E-state index < -0.39 is 0 Å². The first-order valence-electron chi connectivity index (χ1n) is 5.65. The number of methoxy groups -OCH3 is 1. The van der Waals surface area contributed by atoms with E-state index in [1.807, 2.05) is 41.7 Å². The van der Waals surface area contributed by atoms with Crippen LogP contribution in [0.1, 0.15) is 16.2 Å². The maximum Gasteiger partial charge on any atom is 0.168 e. The highest BCUT2D eigenvalue weighted by Crippen LogP contribution is 2.24. The molecule has 0 radical (unpaired) electrons. The van der Waals surface area contributed by atoms with Gasteiger partial charge in [-0.05, 0) is 36.6 Å². The van der Waals surface area contributed by atoms with Crippen molar-refractivity contribution >= 4 is 22.8 Å². The molecule has 0 saturated heterocycles. The summed E-state index contributed by atoms with van der Waals surface area (Å²) in [6, 6.07) is 9.69. The molecule has 4 heteroatoms. The number of fused-ring (bicyclic) bond motifs is 3. The number of aryl methyl sites for hydroxylation is 1. The second kappa shape index (κ2) is 3.84. The van der Waals surface area contributed by atoms with Gasteiger partial charge in [0.1, 0.15) is 17.1 Å². The molecule has 1 aromatic carbocycles. The van der Waals surface area contributed by atoms with Crippen LogP contribution < -0.4 is 4.74 Å². The fraction of sp³-hybridized carbons (Fsp3) is 0.143. The largest absolute Gasteiger partial charge is 0.497 e. The number of carbonyl (C=O) groups is 1. The van der Waals surface area contributed by atoms with Crippen LogP contribution in [0.5, 0.6) is 5.75 Å². The number of aromatic nitrogens is 2. The van der Waals surface area contributed by atoms with Gasteiger partial charge in [0.05, 0.1) is 18.3 Å². The molecule has 0 amide bonds. The van der Waals surface area contributed by atoms with Crippen molar-refractivity contribution in [2.45, 2.75) is 6.92 Å². The van der Waals surface area contributed by atoms with E-state index in [4.69, 9.17) is 4.74 Å². The third kappa shape index (κ3) is 1.39. The SMILES string of the molecule is COc1ccc2ccc3nc(C)c(C=O)n3c2c1. The monoisotopic (exact) mass is 240 g/mol. The molecule has 4 nitrogen and oxygen atoms in total. The van der Waals surface area contributed by atoms with Gasteiger partial charge in [0.15, 0.2) is 6.29 Å². The van der Waals surface area contributed by atoms with Gasteiger partial charge >= 0.3 is 0 Å². The van der Waals surface area contributed by atoms with E-state index >= 15 is 0 Å². The summed E-state index contributed by atoms with van der Waals surface area (Å²) < 4.78 is 7.09. The molecule has 0 fully saturated rings. The van der Waals surface area contributed by atoms with Crippen molar-refractivity contribution in [1.29, 1.82) is 0 Å². The smallest absolute Gasteiger partial charge is 0.168 e. The van der Waals surface area contributed by atoms with Crippen LogP contribution in [-0.4, -0.2) is 22.8 Å². The summed E-state index contributed by atoms with van der Waals surface area (Å²) in [5.74, 6) is 0.762.